The molecule has 0 aliphatic rings. The van der Waals surface area contributed by atoms with Crippen molar-refractivity contribution in [1.29, 1.82) is 0 Å². The first-order valence-electron chi connectivity index (χ1n) is 6.78. The van der Waals surface area contributed by atoms with Crippen LogP contribution in [0.3, 0.4) is 0 Å². The van der Waals surface area contributed by atoms with Crippen LogP contribution in [-0.4, -0.2) is 43.1 Å². The van der Waals surface area contributed by atoms with Crippen LogP contribution < -0.4 is 0 Å². The summed E-state index contributed by atoms with van der Waals surface area (Å²) < 4.78 is 0. The Morgan fingerprint density at radius 1 is 1.17 bits per heavy atom. The maximum Gasteiger partial charge on any atom is 0.143 e. The van der Waals surface area contributed by atoms with E-state index in [1.54, 1.807) is 0 Å². The third-order valence-corrected chi connectivity index (χ3v) is 2.86. The summed E-state index contributed by atoms with van der Waals surface area (Å²) in [7, 11) is 4.09. The number of hydrogen-bond donors (Lipinski definition) is 0. The Labute approximate surface area is 113 Å². The lowest BCUT2D eigenvalue weighted by molar-refractivity contribution is -0.125. The Hall–Kier alpha value is -0.700. The molecule has 0 aromatic carbocycles. The SMILES string of the molecule is CC(C)C(CC(=O)C(C)(C)C)=N[C@H](C)CN(C)C. The molecule has 0 rings (SSSR count). The number of hydrogen-bond acceptors (Lipinski definition) is 3. The van der Waals surface area contributed by atoms with Gasteiger partial charge in [-0.1, -0.05) is 34.6 Å². The average Bonchev–Trinajstić information content (AvgIpc) is 2.13. The second-order valence-corrected chi connectivity index (χ2v) is 6.74. The zero-order chi connectivity index (χ0) is 14.5. The molecule has 0 unspecified atom stereocenters. The minimum atomic E-state index is -0.277. The highest BCUT2D eigenvalue weighted by Gasteiger charge is 2.23. The monoisotopic (exact) mass is 254 g/mol. The molecule has 0 aromatic heterocycles. The van der Waals surface area contributed by atoms with Crippen molar-refractivity contribution in [3.8, 4) is 0 Å². The maximum atomic E-state index is 12.1. The van der Waals surface area contributed by atoms with Crippen LogP contribution in [0.25, 0.3) is 0 Å². The molecule has 0 saturated heterocycles. The molecule has 3 heteroatoms. The Morgan fingerprint density at radius 3 is 2.00 bits per heavy atom. The van der Waals surface area contributed by atoms with Crippen molar-refractivity contribution in [3.05, 3.63) is 0 Å². The van der Waals surface area contributed by atoms with Gasteiger partial charge in [-0.3, -0.25) is 9.79 Å². The van der Waals surface area contributed by atoms with Crippen molar-refractivity contribution >= 4 is 11.5 Å². The van der Waals surface area contributed by atoms with Gasteiger partial charge in [0.1, 0.15) is 5.78 Å². The number of carbonyl (C=O) groups excluding carboxylic acids is 1. The van der Waals surface area contributed by atoms with Gasteiger partial charge in [0, 0.05) is 24.1 Å². The van der Waals surface area contributed by atoms with Gasteiger partial charge in [-0.25, -0.2) is 0 Å². The van der Waals surface area contributed by atoms with Gasteiger partial charge >= 0.3 is 0 Å². The molecule has 0 bridgehead atoms. The molecule has 0 amide bonds. The highest BCUT2D eigenvalue weighted by molar-refractivity contribution is 6.04. The molecule has 0 radical (unpaired) electrons. The van der Waals surface area contributed by atoms with E-state index < -0.39 is 0 Å². The minimum absolute atomic E-state index is 0.241. The van der Waals surface area contributed by atoms with Gasteiger partial charge in [0.15, 0.2) is 0 Å². The number of aliphatic imine (C=N–C) groups is 1. The van der Waals surface area contributed by atoms with Crippen LogP contribution in [0.1, 0.15) is 48.0 Å². The van der Waals surface area contributed by atoms with Crippen LogP contribution in [0.4, 0.5) is 0 Å². The number of ketones is 1. The van der Waals surface area contributed by atoms with Crippen LogP contribution in [0.2, 0.25) is 0 Å². The molecule has 106 valence electrons. The summed E-state index contributed by atoms with van der Waals surface area (Å²) in [6.45, 7) is 13.1. The number of Topliss-reactive ketones (excluding diaryl/α,β-unsaturated/α-hetero) is 1. The summed E-state index contributed by atoms with van der Waals surface area (Å²) in [5.41, 5.74) is 0.754. The van der Waals surface area contributed by atoms with E-state index in [0.29, 0.717) is 12.3 Å². The summed E-state index contributed by atoms with van der Waals surface area (Å²) in [4.78, 5) is 18.9. The predicted molar refractivity (Wildman–Crippen MR) is 79.4 cm³/mol. The fourth-order valence-corrected chi connectivity index (χ4v) is 1.68. The molecule has 0 saturated carbocycles. The fraction of sp³-hybridized carbons (Fsp3) is 0.867. The molecule has 1 atom stereocenters. The van der Waals surface area contributed by atoms with Crippen LogP contribution in [0.5, 0.6) is 0 Å². The van der Waals surface area contributed by atoms with Crippen molar-refractivity contribution in [2.75, 3.05) is 20.6 Å². The lowest BCUT2D eigenvalue weighted by atomic mass is 9.86. The molecule has 0 fully saturated rings. The molecule has 0 spiro atoms. The van der Waals surface area contributed by atoms with Gasteiger partial charge in [0.05, 0.1) is 6.04 Å². The summed E-state index contributed by atoms with van der Waals surface area (Å²) in [6.07, 6.45) is 0.485. The molecular weight excluding hydrogens is 224 g/mol. The van der Waals surface area contributed by atoms with E-state index in [9.17, 15) is 4.79 Å². The molecule has 0 heterocycles. The summed E-state index contributed by atoms with van der Waals surface area (Å²) >= 11 is 0. The van der Waals surface area contributed by atoms with E-state index in [4.69, 9.17) is 4.99 Å². The molecule has 3 nitrogen and oxygen atoms in total. The van der Waals surface area contributed by atoms with Crippen molar-refractivity contribution in [3.63, 3.8) is 0 Å². The molecule has 0 aliphatic carbocycles. The van der Waals surface area contributed by atoms with Gasteiger partial charge in [0.2, 0.25) is 0 Å². The standard InChI is InChI=1S/C15H30N2O/c1-11(2)13(9-14(18)15(4,5)6)16-12(3)10-17(7)8/h11-12H,9-10H2,1-8H3/t12-/m1/s1. The van der Waals surface area contributed by atoms with E-state index in [1.807, 2.05) is 34.9 Å². The van der Waals surface area contributed by atoms with Crippen molar-refractivity contribution in [1.82, 2.24) is 4.90 Å². The van der Waals surface area contributed by atoms with Gasteiger partial charge < -0.3 is 4.90 Å². The van der Waals surface area contributed by atoms with E-state index in [2.05, 4.69) is 25.7 Å². The van der Waals surface area contributed by atoms with Crippen LogP contribution in [0.15, 0.2) is 4.99 Å². The Balaban J connectivity index is 4.77. The molecule has 18 heavy (non-hydrogen) atoms. The highest BCUT2D eigenvalue weighted by atomic mass is 16.1. The second-order valence-electron chi connectivity index (χ2n) is 6.74. The normalized spacial score (nSPS) is 15.3. The smallest absolute Gasteiger partial charge is 0.143 e. The number of rotatable bonds is 6. The second kappa shape index (κ2) is 7.03. The zero-order valence-electron chi connectivity index (χ0n) is 13.4. The molecular formula is C15H30N2O. The van der Waals surface area contributed by atoms with Gasteiger partial charge in [0.25, 0.3) is 0 Å². The Morgan fingerprint density at radius 2 is 1.67 bits per heavy atom. The van der Waals surface area contributed by atoms with Crippen LogP contribution >= 0.6 is 0 Å². The van der Waals surface area contributed by atoms with E-state index in [0.717, 1.165) is 12.3 Å². The van der Waals surface area contributed by atoms with Crippen molar-refractivity contribution in [2.45, 2.75) is 54.0 Å². The highest BCUT2D eigenvalue weighted by Crippen LogP contribution is 2.19. The maximum absolute atomic E-state index is 12.1. The predicted octanol–water partition coefficient (Wildman–Crippen LogP) is 3.04. The number of carbonyl (C=O) groups is 1. The third kappa shape index (κ3) is 6.90. The van der Waals surface area contributed by atoms with E-state index in [1.165, 1.54) is 0 Å². The first-order chi connectivity index (χ1) is 8.04. The molecule has 0 aromatic rings. The van der Waals surface area contributed by atoms with Gasteiger partial charge in [-0.05, 0) is 26.9 Å². The quantitative estimate of drug-likeness (QED) is 0.683. The van der Waals surface area contributed by atoms with Crippen LogP contribution in [0, 0.1) is 11.3 Å². The lowest BCUT2D eigenvalue weighted by Gasteiger charge is -2.21. The molecule has 0 N–H and O–H groups in total. The minimum Gasteiger partial charge on any atom is -0.307 e. The van der Waals surface area contributed by atoms with E-state index in [-0.39, 0.29) is 17.2 Å². The van der Waals surface area contributed by atoms with Gasteiger partial charge in [-0.2, -0.15) is 0 Å². The number of nitrogens with zero attached hydrogens (tertiary/aromatic N) is 2. The number of likely N-dealkylation sites (N-methyl/N-ethyl adjacent to an activating group) is 1. The van der Waals surface area contributed by atoms with Crippen LogP contribution in [-0.2, 0) is 4.79 Å². The Kier molecular flexibility index (Phi) is 6.76. The lowest BCUT2D eigenvalue weighted by Crippen LogP contribution is -2.28. The van der Waals surface area contributed by atoms with E-state index >= 15 is 0 Å². The van der Waals surface area contributed by atoms with Crippen molar-refractivity contribution in [2.24, 2.45) is 16.3 Å². The Bertz CT molecular complexity index is 298. The summed E-state index contributed by atoms with van der Waals surface area (Å²) in [5.74, 6) is 0.605. The summed E-state index contributed by atoms with van der Waals surface area (Å²) in [6, 6.07) is 0.241. The topological polar surface area (TPSA) is 32.7 Å². The molecule has 0 aliphatic heterocycles. The largest absolute Gasteiger partial charge is 0.307 e. The first-order valence-corrected chi connectivity index (χ1v) is 6.78. The zero-order valence-corrected chi connectivity index (χ0v) is 13.4. The average molecular weight is 254 g/mol. The van der Waals surface area contributed by atoms with Crippen molar-refractivity contribution < 1.29 is 4.79 Å². The fourth-order valence-electron chi connectivity index (χ4n) is 1.68. The first kappa shape index (κ1) is 17.3. The van der Waals surface area contributed by atoms with Gasteiger partial charge in [-0.15, -0.1) is 0 Å². The third-order valence-electron chi connectivity index (χ3n) is 2.86. The summed E-state index contributed by atoms with van der Waals surface area (Å²) in [5, 5.41) is 0.